The van der Waals surface area contributed by atoms with Crippen molar-refractivity contribution in [2.75, 3.05) is 11.8 Å². The minimum Gasteiger partial charge on any atom is -0.495 e. The van der Waals surface area contributed by atoms with Crippen molar-refractivity contribution in [1.29, 1.82) is 0 Å². The SMILES string of the molecule is COc1ccc(C)cc1NS(=O)(=O)c1ccc(-c2nnc(C3CCC3)o2)o1. The van der Waals surface area contributed by atoms with Gasteiger partial charge in [0.25, 0.3) is 15.9 Å². The lowest BCUT2D eigenvalue weighted by atomic mass is 9.85. The maximum absolute atomic E-state index is 12.7. The van der Waals surface area contributed by atoms with Crippen molar-refractivity contribution >= 4 is 15.7 Å². The van der Waals surface area contributed by atoms with Gasteiger partial charge in [-0.3, -0.25) is 4.72 Å². The van der Waals surface area contributed by atoms with Crippen LogP contribution in [-0.2, 0) is 10.0 Å². The Bertz CT molecular complexity index is 1070. The summed E-state index contributed by atoms with van der Waals surface area (Å²) in [5.41, 5.74) is 1.23. The van der Waals surface area contributed by atoms with E-state index in [-0.39, 0.29) is 16.7 Å². The lowest BCUT2D eigenvalue weighted by Crippen LogP contribution is -2.13. The zero-order valence-electron chi connectivity index (χ0n) is 14.9. The predicted octanol–water partition coefficient (Wildman–Crippen LogP) is 3.71. The van der Waals surface area contributed by atoms with E-state index in [1.165, 1.54) is 19.2 Å². The number of nitrogens with zero attached hydrogens (tertiary/aromatic N) is 2. The summed E-state index contributed by atoms with van der Waals surface area (Å²) in [6.45, 7) is 1.86. The quantitative estimate of drug-likeness (QED) is 0.684. The van der Waals surface area contributed by atoms with Crippen molar-refractivity contribution in [3.05, 3.63) is 41.8 Å². The first-order valence-electron chi connectivity index (χ1n) is 8.57. The third-order valence-corrected chi connectivity index (χ3v) is 5.79. The molecule has 0 atom stereocenters. The Balaban J connectivity index is 1.58. The molecule has 8 nitrogen and oxygen atoms in total. The van der Waals surface area contributed by atoms with Crippen molar-refractivity contribution in [2.24, 2.45) is 0 Å². The molecular formula is C18H19N3O5S. The molecule has 4 rings (SSSR count). The van der Waals surface area contributed by atoms with Crippen LogP contribution in [0.1, 0.15) is 36.6 Å². The molecule has 1 saturated carbocycles. The Morgan fingerprint density at radius 1 is 1.15 bits per heavy atom. The van der Waals surface area contributed by atoms with Crippen LogP contribution in [0.15, 0.2) is 44.3 Å². The second kappa shape index (κ2) is 6.73. The zero-order chi connectivity index (χ0) is 19.0. The molecule has 1 aliphatic rings. The molecule has 2 aromatic heterocycles. The second-order valence-electron chi connectivity index (χ2n) is 6.50. The molecule has 1 N–H and O–H groups in total. The van der Waals surface area contributed by atoms with E-state index in [2.05, 4.69) is 14.9 Å². The van der Waals surface area contributed by atoms with Crippen LogP contribution in [0, 0.1) is 6.92 Å². The zero-order valence-corrected chi connectivity index (χ0v) is 15.7. The van der Waals surface area contributed by atoms with Gasteiger partial charge in [0, 0.05) is 5.92 Å². The highest BCUT2D eigenvalue weighted by Gasteiger charge is 2.27. The molecule has 0 saturated heterocycles. The number of aromatic nitrogens is 2. The summed E-state index contributed by atoms with van der Waals surface area (Å²) < 4.78 is 44.1. The van der Waals surface area contributed by atoms with Crippen molar-refractivity contribution in [3.63, 3.8) is 0 Å². The fourth-order valence-electron chi connectivity index (χ4n) is 2.83. The second-order valence-corrected chi connectivity index (χ2v) is 8.11. The molecule has 0 amide bonds. The standard InChI is InChI=1S/C18H19N3O5S/c1-11-6-7-14(24-2)13(10-11)21-27(22,23)16-9-8-15(25-16)18-20-19-17(26-18)12-4-3-5-12/h6-10,12,21H,3-5H2,1-2H3. The van der Waals surface area contributed by atoms with Crippen LogP contribution in [0.25, 0.3) is 11.7 Å². The van der Waals surface area contributed by atoms with Crippen LogP contribution in [0.4, 0.5) is 5.69 Å². The molecule has 1 fully saturated rings. The van der Waals surface area contributed by atoms with E-state index in [1.807, 2.05) is 13.0 Å². The molecule has 9 heteroatoms. The summed E-state index contributed by atoms with van der Waals surface area (Å²) in [5.74, 6) is 1.66. The number of nitrogens with one attached hydrogen (secondary N) is 1. The van der Waals surface area contributed by atoms with Crippen molar-refractivity contribution < 1.29 is 22.0 Å². The van der Waals surface area contributed by atoms with Gasteiger partial charge < -0.3 is 13.6 Å². The van der Waals surface area contributed by atoms with E-state index in [0.29, 0.717) is 23.2 Å². The van der Waals surface area contributed by atoms with Gasteiger partial charge in [0.15, 0.2) is 5.76 Å². The van der Waals surface area contributed by atoms with Gasteiger partial charge in [-0.05, 0) is 49.6 Å². The van der Waals surface area contributed by atoms with Gasteiger partial charge in [0.1, 0.15) is 5.75 Å². The maximum Gasteiger partial charge on any atom is 0.295 e. The number of benzene rings is 1. The molecule has 0 bridgehead atoms. The highest BCUT2D eigenvalue weighted by molar-refractivity contribution is 7.92. The van der Waals surface area contributed by atoms with Crippen LogP contribution in [-0.4, -0.2) is 25.7 Å². The first-order valence-corrected chi connectivity index (χ1v) is 10.1. The van der Waals surface area contributed by atoms with E-state index in [1.54, 1.807) is 12.1 Å². The first kappa shape index (κ1) is 17.6. The van der Waals surface area contributed by atoms with E-state index in [4.69, 9.17) is 13.6 Å². The fraction of sp³-hybridized carbons (Fsp3) is 0.333. The Morgan fingerprint density at radius 2 is 1.96 bits per heavy atom. The fourth-order valence-corrected chi connectivity index (χ4v) is 3.83. The van der Waals surface area contributed by atoms with Gasteiger partial charge >= 0.3 is 0 Å². The molecule has 0 radical (unpaired) electrons. The first-order chi connectivity index (χ1) is 13.0. The molecule has 2 heterocycles. The highest BCUT2D eigenvalue weighted by atomic mass is 32.2. The number of ether oxygens (including phenoxy) is 1. The molecule has 0 aliphatic heterocycles. The molecule has 3 aromatic rings. The maximum atomic E-state index is 12.7. The topological polar surface area (TPSA) is 107 Å². The number of sulfonamides is 1. The predicted molar refractivity (Wildman–Crippen MR) is 97.1 cm³/mol. The van der Waals surface area contributed by atoms with Gasteiger partial charge in [-0.1, -0.05) is 12.5 Å². The lowest BCUT2D eigenvalue weighted by Gasteiger charge is -2.20. The smallest absolute Gasteiger partial charge is 0.295 e. The molecule has 1 aromatic carbocycles. The number of anilines is 1. The van der Waals surface area contributed by atoms with Crippen molar-refractivity contribution in [1.82, 2.24) is 10.2 Å². The van der Waals surface area contributed by atoms with E-state index < -0.39 is 10.0 Å². The average molecular weight is 389 g/mol. The molecule has 0 spiro atoms. The van der Waals surface area contributed by atoms with Crippen LogP contribution in [0.5, 0.6) is 5.75 Å². The highest BCUT2D eigenvalue weighted by Crippen LogP contribution is 2.37. The molecular weight excluding hydrogens is 370 g/mol. The number of aryl methyl sites for hydroxylation is 1. The molecule has 27 heavy (non-hydrogen) atoms. The van der Waals surface area contributed by atoms with Crippen molar-refractivity contribution in [2.45, 2.75) is 37.2 Å². The normalized spacial score (nSPS) is 14.7. The number of rotatable bonds is 6. The van der Waals surface area contributed by atoms with Crippen molar-refractivity contribution in [3.8, 4) is 17.4 Å². The molecule has 1 aliphatic carbocycles. The summed E-state index contributed by atoms with van der Waals surface area (Å²) >= 11 is 0. The summed E-state index contributed by atoms with van der Waals surface area (Å²) in [6, 6.07) is 8.06. The summed E-state index contributed by atoms with van der Waals surface area (Å²) in [5, 5.41) is 7.74. The monoisotopic (exact) mass is 389 g/mol. The van der Waals surface area contributed by atoms with Gasteiger partial charge in [-0.2, -0.15) is 8.42 Å². The Morgan fingerprint density at radius 3 is 2.67 bits per heavy atom. The summed E-state index contributed by atoms with van der Waals surface area (Å²) in [6.07, 6.45) is 3.21. The number of hydrogen-bond donors (Lipinski definition) is 1. The summed E-state index contributed by atoms with van der Waals surface area (Å²) in [7, 11) is -2.46. The lowest BCUT2D eigenvalue weighted by molar-refractivity contribution is 0.334. The van der Waals surface area contributed by atoms with Crippen LogP contribution < -0.4 is 9.46 Å². The Hall–Kier alpha value is -2.81. The minimum atomic E-state index is -3.94. The number of furan rings is 1. The molecule has 142 valence electrons. The van der Waals surface area contributed by atoms with Gasteiger partial charge in [0.05, 0.1) is 12.8 Å². The Labute approximate surface area is 156 Å². The van der Waals surface area contributed by atoms with E-state index in [0.717, 1.165) is 24.8 Å². The minimum absolute atomic E-state index is 0.173. The number of methoxy groups -OCH3 is 1. The summed E-state index contributed by atoms with van der Waals surface area (Å²) in [4.78, 5) is 0. The van der Waals surface area contributed by atoms with Gasteiger partial charge in [-0.25, -0.2) is 0 Å². The molecule has 0 unspecified atom stereocenters. The Kier molecular flexibility index (Phi) is 4.39. The van der Waals surface area contributed by atoms with Gasteiger partial charge in [-0.15, -0.1) is 10.2 Å². The van der Waals surface area contributed by atoms with Gasteiger partial charge in [0.2, 0.25) is 11.0 Å². The van der Waals surface area contributed by atoms with E-state index >= 15 is 0 Å². The van der Waals surface area contributed by atoms with Crippen LogP contribution in [0.2, 0.25) is 0 Å². The average Bonchev–Trinajstić information content (AvgIpc) is 3.22. The third kappa shape index (κ3) is 3.42. The van der Waals surface area contributed by atoms with Crippen LogP contribution >= 0.6 is 0 Å². The largest absolute Gasteiger partial charge is 0.495 e. The number of hydrogen-bond acceptors (Lipinski definition) is 7. The third-order valence-electron chi connectivity index (χ3n) is 4.55. The van der Waals surface area contributed by atoms with E-state index in [9.17, 15) is 8.42 Å². The van der Waals surface area contributed by atoms with Crippen LogP contribution in [0.3, 0.4) is 0 Å².